The first-order valence-electron chi connectivity index (χ1n) is 8.67. The molecule has 0 spiro atoms. The van der Waals surface area contributed by atoms with Crippen molar-refractivity contribution in [2.75, 3.05) is 0 Å². The van der Waals surface area contributed by atoms with Crippen LogP contribution in [-0.4, -0.2) is 5.54 Å². The lowest BCUT2D eigenvalue weighted by molar-refractivity contribution is 0.390. The maximum absolute atomic E-state index is 3.79. The zero-order valence-electron chi connectivity index (χ0n) is 15.6. The van der Waals surface area contributed by atoms with E-state index in [1.54, 1.807) is 0 Å². The highest BCUT2D eigenvalue weighted by Gasteiger charge is 2.14. The van der Waals surface area contributed by atoms with E-state index in [1.807, 2.05) is 6.08 Å². The summed E-state index contributed by atoms with van der Waals surface area (Å²) >= 11 is 0. The largest absolute Gasteiger partial charge is 0.307 e. The Labute approximate surface area is 143 Å². The molecule has 0 aliphatic heterocycles. The fourth-order valence-corrected chi connectivity index (χ4v) is 2.49. The standard InChI is InChI=1S/C22H33N/c1-7-10-20(11-8-2)12-9-15-22(5,6)23-17-21-14-13-18(3)19(4)16-21/h7,9-10,12-14,16,23H,1,8,11,15,17H2,2-6H3/b12-9-,20-10-. The molecule has 0 saturated carbocycles. The molecule has 1 N–H and O–H groups in total. The molecule has 126 valence electrons. The molecule has 0 heterocycles. The van der Waals surface area contributed by atoms with E-state index in [1.165, 1.54) is 28.7 Å². The van der Waals surface area contributed by atoms with Crippen LogP contribution in [0.4, 0.5) is 0 Å². The van der Waals surface area contributed by atoms with E-state index in [0.29, 0.717) is 0 Å². The van der Waals surface area contributed by atoms with Gasteiger partial charge in [0.2, 0.25) is 0 Å². The highest BCUT2D eigenvalue weighted by molar-refractivity contribution is 5.30. The summed E-state index contributed by atoms with van der Waals surface area (Å²) < 4.78 is 0. The van der Waals surface area contributed by atoms with Gasteiger partial charge < -0.3 is 5.32 Å². The molecule has 0 fully saturated rings. The normalized spacial score (nSPS) is 12.8. The molecule has 0 bridgehead atoms. The van der Waals surface area contributed by atoms with Gasteiger partial charge in [0.25, 0.3) is 0 Å². The first-order valence-corrected chi connectivity index (χ1v) is 8.67. The van der Waals surface area contributed by atoms with E-state index < -0.39 is 0 Å². The minimum Gasteiger partial charge on any atom is -0.307 e. The summed E-state index contributed by atoms with van der Waals surface area (Å²) in [6, 6.07) is 6.70. The molecule has 0 atom stereocenters. The van der Waals surface area contributed by atoms with Crippen molar-refractivity contribution >= 4 is 0 Å². The van der Waals surface area contributed by atoms with Crippen molar-refractivity contribution in [1.82, 2.24) is 5.32 Å². The Balaban J connectivity index is 2.56. The van der Waals surface area contributed by atoms with Gasteiger partial charge in [-0.05, 0) is 62.8 Å². The molecule has 1 aromatic rings. The van der Waals surface area contributed by atoms with Crippen LogP contribution in [0.1, 0.15) is 56.7 Å². The number of nitrogens with one attached hydrogen (secondary N) is 1. The van der Waals surface area contributed by atoms with Crippen molar-refractivity contribution in [2.45, 2.75) is 66.0 Å². The van der Waals surface area contributed by atoms with Crippen LogP contribution in [0.2, 0.25) is 0 Å². The van der Waals surface area contributed by atoms with E-state index in [-0.39, 0.29) is 5.54 Å². The molecule has 0 radical (unpaired) electrons. The van der Waals surface area contributed by atoms with E-state index in [0.717, 1.165) is 19.4 Å². The minimum atomic E-state index is 0.0841. The summed E-state index contributed by atoms with van der Waals surface area (Å²) in [5, 5.41) is 3.67. The minimum absolute atomic E-state index is 0.0841. The summed E-state index contributed by atoms with van der Waals surface area (Å²) in [6.45, 7) is 15.8. The summed E-state index contributed by atoms with van der Waals surface area (Å²) in [7, 11) is 0. The second-order valence-corrected chi connectivity index (χ2v) is 6.99. The number of aryl methyl sites for hydroxylation is 2. The lowest BCUT2D eigenvalue weighted by Gasteiger charge is -2.25. The number of benzene rings is 1. The zero-order chi connectivity index (χ0) is 17.3. The molecule has 0 saturated heterocycles. The number of allylic oxidation sites excluding steroid dienone is 4. The van der Waals surface area contributed by atoms with Gasteiger partial charge in [-0.25, -0.2) is 0 Å². The van der Waals surface area contributed by atoms with Gasteiger partial charge in [-0.15, -0.1) is 0 Å². The first kappa shape index (κ1) is 19.4. The van der Waals surface area contributed by atoms with E-state index in [4.69, 9.17) is 0 Å². The molecule has 23 heavy (non-hydrogen) atoms. The number of rotatable bonds is 9. The third-order valence-corrected chi connectivity index (χ3v) is 4.17. The maximum Gasteiger partial charge on any atom is 0.0210 e. The summed E-state index contributed by atoms with van der Waals surface area (Å²) in [6.07, 6.45) is 11.8. The van der Waals surface area contributed by atoms with Crippen molar-refractivity contribution in [2.24, 2.45) is 0 Å². The Morgan fingerprint density at radius 2 is 1.96 bits per heavy atom. The van der Waals surface area contributed by atoms with Crippen LogP contribution in [0.25, 0.3) is 0 Å². The van der Waals surface area contributed by atoms with Crippen LogP contribution in [0.5, 0.6) is 0 Å². The van der Waals surface area contributed by atoms with Crippen LogP contribution in [0.3, 0.4) is 0 Å². The van der Waals surface area contributed by atoms with E-state index in [9.17, 15) is 0 Å². The SMILES string of the molecule is C=C/C=C(\C=C/CC(C)(C)NCc1ccc(C)c(C)c1)CCC. The Morgan fingerprint density at radius 1 is 1.22 bits per heavy atom. The molecule has 1 nitrogen and oxygen atoms in total. The van der Waals surface area contributed by atoms with Crippen molar-refractivity contribution < 1.29 is 0 Å². The average Bonchev–Trinajstić information content (AvgIpc) is 2.49. The highest BCUT2D eigenvalue weighted by atomic mass is 14.9. The van der Waals surface area contributed by atoms with E-state index in [2.05, 4.69) is 82.9 Å². The lowest BCUT2D eigenvalue weighted by atomic mass is 9.98. The van der Waals surface area contributed by atoms with Crippen LogP contribution < -0.4 is 5.32 Å². The third-order valence-electron chi connectivity index (χ3n) is 4.17. The highest BCUT2D eigenvalue weighted by Crippen LogP contribution is 2.15. The monoisotopic (exact) mass is 311 g/mol. The maximum atomic E-state index is 3.79. The molecule has 0 aliphatic carbocycles. The molecular formula is C22H33N. The van der Waals surface area contributed by atoms with Crippen LogP contribution in [0.15, 0.2) is 54.7 Å². The van der Waals surface area contributed by atoms with Gasteiger partial charge in [0.15, 0.2) is 0 Å². The van der Waals surface area contributed by atoms with E-state index >= 15 is 0 Å². The Kier molecular flexibility index (Phi) is 8.05. The van der Waals surface area contributed by atoms with Gasteiger partial charge >= 0.3 is 0 Å². The summed E-state index contributed by atoms with van der Waals surface area (Å²) in [5.74, 6) is 0. The Morgan fingerprint density at radius 3 is 2.57 bits per heavy atom. The van der Waals surface area contributed by atoms with Crippen LogP contribution >= 0.6 is 0 Å². The summed E-state index contributed by atoms with van der Waals surface area (Å²) in [4.78, 5) is 0. The Hall–Kier alpha value is -1.60. The van der Waals surface area contributed by atoms with Gasteiger partial charge in [0.05, 0.1) is 0 Å². The predicted molar refractivity (Wildman–Crippen MR) is 104 cm³/mol. The molecule has 0 amide bonds. The second-order valence-electron chi connectivity index (χ2n) is 6.99. The van der Waals surface area contributed by atoms with Crippen molar-refractivity contribution in [1.29, 1.82) is 0 Å². The predicted octanol–water partition coefficient (Wildman–Crippen LogP) is 6.03. The van der Waals surface area contributed by atoms with Gasteiger partial charge in [-0.3, -0.25) is 0 Å². The van der Waals surface area contributed by atoms with Gasteiger partial charge in [-0.2, -0.15) is 0 Å². The zero-order valence-corrected chi connectivity index (χ0v) is 15.6. The molecule has 0 unspecified atom stereocenters. The first-order chi connectivity index (χ1) is 10.9. The van der Waals surface area contributed by atoms with Crippen molar-refractivity contribution in [3.8, 4) is 0 Å². The lowest BCUT2D eigenvalue weighted by Crippen LogP contribution is -2.38. The molecular weight excluding hydrogens is 278 g/mol. The van der Waals surface area contributed by atoms with Crippen molar-refractivity contribution in [3.05, 3.63) is 71.3 Å². The van der Waals surface area contributed by atoms with Crippen LogP contribution in [0, 0.1) is 13.8 Å². The molecule has 1 aromatic carbocycles. The second kappa shape index (κ2) is 9.52. The molecule has 0 aliphatic rings. The fraction of sp³-hybridized carbons (Fsp3) is 0.455. The molecule has 0 aromatic heterocycles. The summed E-state index contributed by atoms with van der Waals surface area (Å²) in [5.41, 5.74) is 5.51. The van der Waals surface area contributed by atoms with Crippen molar-refractivity contribution in [3.63, 3.8) is 0 Å². The smallest absolute Gasteiger partial charge is 0.0210 e. The van der Waals surface area contributed by atoms with Gasteiger partial charge in [-0.1, -0.05) is 62.4 Å². The van der Waals surface area contributed by atoms with Gasteiger partial charge in [0.1, 0.15) is 0 Å². The molecule has 1 heteroatoms. The van der Waals surface area contributed by atoms with Crippen LogP contribution in [-0.2, 0) is 6.54 Å². The quantitative estimate of drug-likeness (QED) is 0.549. The fourth-order valence-electron chi connectivity index (χ4n) is 2.49. The third kappa shape index (κ3) is 7.47. The topological polar surface area (TPSA) is 12.0 Å². The number of hydrogen-bond acceptors (Lipinski definition) is 1. The average molecular weight is 312 g/mol. The molecule has 1 rings (SSSR count). The Bertz CT molecular complexity index is 561. The van der Waals surface area contributed by atoms with Gasteiger partial charge in [0, 0.05) is 12.1 Å². The number of hydrogen-bond donors (Lipinski definition) is 1.